The highest BCUT2D eigenvalue weighted by molar-refractivity contribution is 5.99. The number of nitrogens with zero attached hydrogens (tertiary/aromatic N) is 3. The summed E-state index contributed by atoms with van der Waals surface area (Å²) in [6, 6.07) is 10.3. The van der Waals surface area contributed by atoms with Crippen molar-refractivity contribution < 1.29 is 4.79 Å². The van der Waals surface area contributed by atoms with Gasteiger partial charge in [-0.05, 0) is 31.0 Å². The minimum absolute atomic E-state index is 0.253. The molecule has 8 heteroatoms. The van der Waals surface area contributed by atoms with Crippen LogP contribution in [0.15, 0.2) is 41.2 Å². The standard InChI is InChI=1S/C21H26N6O2/c1-6-14-11-18(28)25-19(22-14)27-17(12-16(26-27)21(3,4)5)24-20(29)23-15-9-7-8-13(2)10-15/h7-12H,6H2,1-5H3,(H,22,25,28)(H2,23,24,29). The normalized spacial score (nSPS) is 11.3. The SMILES string of the molecule is CCc1cc(=O)[nH]c(-n2nc(C(C)(C)C)cc2NC(=O)Nc2cccc(C)c2)n1. The Kier molecular flexibility index (Phi) is 5.54. The molecule has 2 amide bonds. The Hall–Kier alpha value is -3.42. The van der Waals surface area contributed by atoms with Crippen molar-refractivity contribution in [1.29, 1.82) is 0 Å². The molecule has 3 N–H and O–H groups in total. The highest BCUT2D eigenvalue weighted by atomic mass is 16.2. The number of carbonyl (C=O) groups is 1. The van der Waals surface area contributed by atoms with Gasteiger partial charge in [-0.3, -0.25) is 15.1 Å². The van der Waals surface area contributed by atoms with E-state index in [2.05, 4.69) is 25.7 Å². The molecule has 3 aromatic rings. The fraction of sp³-hybridized carbons (Fsp3) is 0.333. The molecule has 0 bridgehead atoms. The van der Waals surface area contributed by atoms with Crippen LogP contribution in [0.4, 0.5) is 16.3 Å². The first kappa shape index (κ1) is 20.3. The summed E-state index contributed by atoms with van der Waals surface area (Å²) in [5.74, 6) is 0.673. The number of aromatic nitrogens is 4. The number of carbonyl (C=O) groups excluding carboxylic acids is 1. The molecule has 2 heterocycles. The summed E-state index contributed by atoms with van der Waals surface area (Å²) in [5.41, 5.74) is 2.61. The lowest BCUT2D eigenvalue weighted by molar-refractivity contribution is 0.262. The Labute approximate surface area is 169 Å². The van der Waals surface area contributed by atoms with Crippen LogP contribution in [0.2, 0.25) is 0 Å². The van der Waals surface area contributed by atoms with Gasteiger partial charge in [-0.1, -0.05) is 39.8 Å². The van der Waals surface area contributed by atoms with Crippen molar-refractivity contribution in [3.05, 3.63) is 63.7 Å². The van der Waals surface area contributed by atoms with Crippen LogP contribution in [0.5, 0.6) is 0 Å². The number of benzene rings is 1. The van der Waals surface area contributed by atoms with E-state index in [1.54, 1.807) is 6.07 Å². The Bertz CT molecular complexity index is 1090. The average molecular weight is 394 g/mol. The predicted octanol–water partition coefficient (Wildman–Crippen LogP) is 3.77. The number of nitrogens with one attached hydrogen (secondary N) is 3. The van der Waals surface area contributed by atoms with E-state index in [4.69, 9.17) is 0 Å². The van der Waals surface area contributed by atoms with E-state index in [-0.39, 0.29) is 16.9 Å². The van der Waals surface area contributed by atoms with Gasteiger partial charge in [0.25, 0.3) is 5.56 Å². The van der Waals surface area contributed by atoms with E-state index in [1.807, 2.05) is 58.9 Å². The summed E-state index contributed by atoms with van der Waals surface area (Å²) in [6.45, 7) is 9.94. The van der Waals surface area contributed by atoms with Gasteiger partial charge in [-0.15, -0.1) is 0 Å². The first-order chi connectivity index (χ1) is 13.7. The maximum Gasteiger partial charge on any atom is 0.324 e. The number of urea groups is 1. The quantitative estimate of drug-likeness (QED) is 0.626. The number of hydrogen-bond donors (Lipinski definition) is 3. The van der Waals surface area contributed by atoms with Gasteiger partial charge in [-0.2, -0.15) is 9.78 Å². The third-order valence-electron chi connectivity index (χ3n) is 4.34. The lowest BCUT2D eigenvalue weighted by Gasteiger charge is -2.13. The van der Waals surface area contributed by atoms with Crippen LogP contribution >= 0.6 is 0 Å². The number of hydrogen-bond acceptors (Lipinski definition) is 4. The van der Waals surface area contributed by atoms with Gasteiger partial charge >= 0.3 is 6.03 Å². The molecule has 0 radical (unpaired) electrons. The molecule has 0 unspecified atom stereocenters. The summed E-state index contributed by atoms with van der Waals surface area (Å²) in [7, 11) is 0. The second kappa shape index (κ2) is 7.90. The lowest BCUT2D eigenvalue weighted by atomic mass is 9.92. The molecule has 0 aliphatic carbocycles. The maximum atomic E-state index is 12.6. The molecule has 1 aromatic carbocycles. The predicted molar refractivity (Wildman–Crippen MR) is 114 cm³/mol. The number of H-pyrrole nitrogens is 1. The van der Waals surface area contributed by atoms with Crippen molar-refractivity contribution in [3.8, 4) is 5.95 Å². The van der Waals surface area contributed by atoms with Crippen molar-refractivity contribution in [2.75, 3.05) is 10.6 Å². The minimum atomic E-state index is -0.411. The van der Waals surface area contributed by atoms with Gasteiger partial charge in [0.2, 0.25) is 5.95 Å². The summed E-state index contributed by atoms with van der Waals surface area (Å²) >= 11 is 0. The third kappa shape index (κ3) is 4.90. The highest BCUT2D eigenvalue weighted by Gasteiger charge is 2.22. The molecule has 3 rings (SSSR count). The number of amides is 2. The first-order valence-electron chi connectivity index (χ1n) is 9.51. The summed E-state index contributed by atoms with van der Waals surface area (Å²) in [4.78, 5) is 31.7. The first-order valence-corrected chi connectivity index (χ1v) is 9.51. The Balaban J connectivity index is 1.97. The number of rotatable bonds is 4. The molecule has 29 heavy (non-hydrogen) atoms. The van der Waals surface area contributed by atoms with E-state index in [9.17, 15) is 9.59 Å². The van der Waals surface area contributed by atoms with Crippen LogP contribution in [0, 0.1) is 6.92 Å². The molecule has 0 saturated carbocycles. The van der Waals surface area contributed by atoms with E-state index in [0.29, 0.717) is 23.6 Å². The summed E-state index contributed by atoms with van der Waals surface area (Å²) in [5, 5.41) is 10.2. The number of anilines is 2. The van der Waals surface area contributed by atoms with E-state index in [0.717, 1.165) is 11.3 Å². The van der Waals surface area contributed by atoms with Gasteiger partial charge in [0.05, 0.1) is 5.69 Å². The van der Waals surface area contributed by atoms with Crippen LogP contribution in [-0.2, 0) is 11.8 Å². The molecule has 0 spiro atoms. The molecular weight excluding hydrogens is 368 g/mol. The van der Waals surface area contributed by atoms with E-state index in [1.165, 1.54) is 10.7 Å². The van der Waals surface area contributed by atoms with Gasteiger partial charge < -0.3 is 5.32 Å². The van der Waals surface area contributed by atoms with Gasteiger partial charge in [-0.25, -0.2) is 9.78 Å². The van der Waals surface area contributed by atoms with Crippen LogP contribution in [0.3, 0.4) is 0 Å². The zero-order valence-electron chi connectivity index (χ0n) is 17.3. The van der Waals surface area contributed by atoms with Crippen LogP contribution in [0.25, 0.3) is 5.95 Å². The van der Waals surface area contributed by atoms with Crippen molar-refractivity contribution in [1.82, 2.24) is 19.7 Å². The molecule has 0 aliphatic rings. The fourth-order valence-electron chi connectivity index (χ4n) is 2.77. The lowest BCUT2D eigenvalue weighted by Crippen LogP contribution is -2.23. The van der Waals surface area contributed by atoms with Crippen molar-refractivity contribution in [2.24, 2.45) is 0 Å². The Morgan fingerprint density at radius 3 is 2.59 bits per heavy atom. The summed E-state index contributed by atoms with van der Waals surface area (Å²) < 4.78 is 1.46. The van der Waals surface area contributed by atoms with Crippen LogP contribution in [-0.4, -0.2) is 25.8 Å². The molecule has 0 aliphatic heterocycles. The Morgan fingerprint density at radius 2 is 1.93 bits per heavy atom. The number of aryl methyl sites for hydroxylation is 2. The van der Waals surface area contributed by atoms with E-state index >= 15 is 0 Å². The third-order valence-corrected chi connectivity index (χ3v) is 4.34. The fourth-order valence-corrected chi connectivity index (χ4v) is 2.77. The molecule has 152 valence electrons. The van der Waals surface area contributed by atoms with Crippen LogP contribution < -0.4 is 16.2 Å². The molecule has 0 atom stereocenters. The molecule has 2 aromatic heterocycles. The van der Waals surface area contributed by atoms with Gasteiger partial charge in [0, 0.05) is 28.9 Å². The average Bonchev–Trinajstić information content (AvgIpc) is 3.05. The van der Waals surface area contributed by atoms with Crippen molar-refractivity contribution in [2.45, 2.75) is 46.5 Å². The summed E-state index contributed by atoms with van der Waals surface area (Å²) in [6.07, 6.45) is 0.612. The smallest absolute Gasteiger partial charge is 0.308 e. The molecule has 8 nitrogen and oxygen atoms in total. The zero-order chi connectivity index (χ0) is 21.2. The molecule has 0 saturated heterocycles. The molecule has 0 fully saturated rings. The zero-order valence-corrected chi connectivity index (χ0v) is 17.3. The van der Waals surface area contributed by atoms with E-state index < -0.39 is 6.03 Å². The maximum absolute atomic E-state index is 12.6. The molecular formula is C21H26N6O2. The Morgan fingerprint density at radius 1 is 1.17 bits per heavy atom. The second-order valence-corrected chi connectivity index (χ2v) is 7.94. The minimum Gasteiger partial charge on any atom is -0.308 e. The van der Waals surface area contributed by atoms with Crippen molar-refractivity contribution in [3.63, 3.8) is 0 Å². The van der Waals surface area contributed by atoms with Crippen LogP contribution in [0.1, 0.15) is 44.6 Å². The van der Waals surface area contributed by atoms with Gasteiger partial charge in [0.15, 0.2) is 0 Å². The topological polar surface area (TPSA) is 105 Å². The van der Waals surface area contributed by atoms with Gasteiger partial charge in [0.1, 0.15) is 5.82 Å². The number of aromatic amines is 1. The monoisotopic (exact) mass is 394 g/mol. The van der Waals surface area contributed by atoms with Crippen molar-refractivity contribution >= 4 is 17.5 Å². The second-order valence-electron chi connectivity index (χ2n) is 7.94. The highest BCUT2D eigenvalue weighted by Crippen LogP contribution is 2.25. The largest absolute Gasteiger partial charge is 0.324 e.